The number of para-hydroxylation sites is 1. The second kappa shape index (κ2) is 11.6. The highest BCUT2D eigenvalue weighted by molar-refractivity contribution is 6.00. The molecule has 0 aliphatic heterocycles. The van der Waals surface area contributed by atoms with Gasteiger partial charge in [0, 0.05) is 42.6 Å². The molecule has 42 heavy (non-hydrogen) atoms. The molecule has 12 nitrogen and oxygen atoms in total. The molecule has 12 heteroatoms. The number of aliphatic hydroxyl groups is 1. The molecule has 2 amide bonds. The number of pyridine rings is 1. The quantitative estimate of drug-likeness (QED) is 0.223. The van der Waals surface area contributed by atoms with Gasteiger partial charge in [-0.15, -0.1) is 10.2 Å². The Morgan fingerprint density at radius 2 is 1.93 bits per heavy atom. The van der Waals surface area contributed by atoms with Crippen molar-refractivity contribution in [3.63, 3.8) is 0 Å². The van der Waals surface area contributed by atoms with Gasteiger partial charge in [0.1, 0.15) is 5.75 Å². The summed E-state index contributed by atoms with van der Waals surface area (Å²) in [6.45, 7) is 0. The minimum absolute atomic E-state index is 0.00345. The first kappa shape index (κ1) is 27.3. The first-order valence-electron chi connectivity index (χ1n) is 13.9. The Morgan fingerprint density at radius 3 is 2.64 bits per heavy atom. The van der Waals surface area contributed by atoms with Gasteiger partial charge in [-0.25, -0.2) is 0 Å². The molecule has 4 aromatic rings. The van der Waals surface area contributed by atoms with Crippen molar-refractivity contribution < 1.29 is 19.4 Å². The molecule has 0 bridgehead atoms. The van der Waals surface area contributed by atoms with E-state index in [4.69, 9.17) is 4.74 Å². The molecule has 2 aliphatic rings. The molecule has 1 unspecified atom stereocenters. The maximum absolute atomic E-state index is 12.6. The summed E-state index contributed by atoms with van der Waals surface area (Å²) in [6.07, 6.45) is 8.19. The van der Waals surface area contributed by atoms with Gasteiger partial charge >= 0.3 is 0 Å². The number of nitrogens with zero attached hydrogens (tertiary/aromatic N) is 5. The topological polar surface area (TPSA) is 156 Å². The Morgan fingerprint density at radius 1 is 1.10 bits per heavy atom. The number of anilines is 3. The van der Waals surface area contributed by atoms with Crippen molar-refractivity contribution in [2.45, 2.75) is 37.8 Å². The number of benzene rings is 1. The molecular formula is C30H32N8O4. The zero-order chi connectivity index (χ0) is 29.2. The van der Waals surface area contributed by atoms with Crippen LogP contribution in [0.4, 0.5) is 17.2 Å². The molecule has 0 radical (unpaired) electrons. The maximum Gasteiger partial charge on any atom is 0.273 e. The summed E-state index contributed by atoms with van der Waals surface area (Å²) >= 11 is 0. The van der Waals surface area contributed by atoms with E-state index in [-0.39, 0.29) is 35.3 Å². The van der Waals surface area contributed by atoms with Crippen molar-refractivity contribution in [1.29, 1.82) is 0 Å². The molecule has 2 saturated carbocycles. The Balaban J connectivity index is 1.22. The molecule has 4 N–H and O–H groups in total. The van der Waals surface area contributed by atoms with Gasteiger partial charge in [0.2, 0.25) is 5.91 Å². The number of carbonyl (C=O) groups is 2. The first-order chi connectivity index (χ1) is 20.4. The second-order valence-corrected chi connectivity index (χ2v) is 10.6. The van der Waals surface area contributed by atoms with E-state index in [9.17, 15) is 14.7 Å². The van der Waals surface area contributed by atoms with Crippen molar-refractivity contribution in [2.24, 2.45) is 11.8 Å². The van der Waals surface area contributed by atoms with Crippen molar-refractivity contribution in [1.82, 2.24) is 30.3 Å². The number of hydrogen-bond donors (Lipinski definition) is 4. The zero-order valence-electron chi connectivity index (χ0n) is 23.3. The molecule has 1 aromatic carbocycles. The van der Waals surface area contributed by atoms with Crippen LogP contribution in [0.25, 0.3) is 11.1 Å². The highest BCUT2D eigenvalue weighted by atomic mass is 16.5. The SMILES string of the molecule is CNC(=O)c1nnc(NC(=O)C2CC2)cc1Nc1cccc(-c2cnn(C3CC(C(O)c4ccccn4)C3)c2)c1OC. The van der Waals surface area contributed by atoms with Gasteiger partial charge < -0.3 is 25.8 Å². The fourth-order valence-corrected chi connectivity index (χ4v) is 5.21. The Kier molecular flexibility index (Phi) is 7.53. The van der Waals surface area contributed by atoms with E-state index in [1.165, 1.54) is 7.05 Å². The van der Waals surface area contributed by atoms with E-state index in [0.29, 0.717) is 22.8 Å². The molecular weight excluding hydrogens is 536 g/mol. The van der Waals surface area contributed by atoms with Crippen LogP contribution in [0.5, 0.6) is 5.75 Å². The molecule has 2 aliphatic carbocycles. The predicted molar refractivity (Wildman–Crippen MR) is 155 cm³/mol. The summed E-state index contributed by atoms with van der Waals surface area (Å²) in [5.41, 5.74) is 3.41. The number of nitrogens with one attached hydrogen (secondary N) is 3. The Bertz CT molecular complexity index is 1600. The maximum atomic E-state index is 12.6. The van der Waals surface area contributed by atoms with Crippen LogP contribution in [-0.4, -0.2) is 56.0 Å². The number of methoxy groups -OCH3 is 1. The van der Waals surface area contributed by atoms with E-state index in [2.05, 4.69) is 36.2 Å². The Hall–Kier alpha value is -4.84. The minimum Gasteiger partial charge on any atom is -0.494 e. The number of amides is 2. The van der Waals surface area contributed by atoms with Crippen LogP contribution in [0, 0.1) is 11.8 Å². The molecule has 3 aromatic heterocycles. The van der Waals surface area contributed by atoms with Crippen molar-refractivity contribution in [3.8, 4) is 16.9 Å². The lowest BCUT2D eigenvalue weighted by atomic mass is 9.76. The third kappa shape index (κ3) is 5.53. The fraction of sp³-hybridized carbons (Fsp3) is 0.333. The van der Waals surface area contributed by atoms with Crippen LogP contribution in [0.3, 0.4) is 0 Å². The van der Waals surface area contributed by atoms with Crippen molar-refractivity contribution in [3.05, 3.63) is 72.4 Å². The fourth-order valence-electron chi connectivity index (χ4n) is 5.21. The molecule has 6 rings (SSSR count). The molecule has 3 heterocycles. The van der Waals surface area contributed by atoms with Crippen LogP contribution >= 0.6 is 0 Å². The van der Waals surface area contributed by atoms with Gasteiger partial charge in [-0.1, -0.05) is 18.2 Å². The smallest absolute Gasteiger partial charge is 0.273 e. The number of ether oxygens (including phenoxy) is 1. The summed E-state index contributed by atoms with van der Waals surface area (Å²) in [4.78, 5) is 29.1. The average Bonchev–Trinajstić information content (AvgIpc) is 3.74. The van der Waals surface area contributed by atoms with E-state index >= 15 is 0 Å². The van der Waals surface area contributed by atoms with Gasteiger partial charge in [0.25, 0.3) is 5.91 Å². The van der Waals surface area contributed by atoms with Gasteiger partial charge in [-0.3, -0.25) is 19.3 Å². The largest absolute Gasteiger partial charge is 0.494 e. The van der Waals surface area contributed by atoms with Gasteiger partial charge in [-0.05, 0) is 49.8 Å². The standard InChI is InChI=1S/C30H32N8O4/c1-31-30(41)26-24(14-25(36-37-26)35-29(40)17-9-10-17)34-23-8-5-6-21(28(23)42-2)19-15-33-38(16-19)20-12-18(13-20)27(39)22-7-3-4-11-32-22/h3-8,11,14-18,20,27,39H,9-10,12-13H2,1-2H3,(H,31,41)(H2,34,35,36,40). The monoisotopic (exact) mass is 568 g/mol. The summed E-state index contributed by atoms with van der Waals surface area (Å²) in [5.74, 6) is 0.401. The minimum atomic E-state index is -0.592. The lowest BCUT2D eigenvalue weighted by Gasteiger charge is -2.38. The molecule has 2 fully saturated rings. The highest BCUT2D eigenvalue weighted by Crippen LogP contribution is 2.45. The Labute approximate surface area is 242 Å². The number of hydrogen-bond acceptors (Lipinski definition) is 9. The number of carbonyl (C=O) groups excluding carboxylic acids is 2. The van der Waals surface area contributed by atoms with E-state index in [1.807, 2.05) is 47.3 Å². The number of aliphatic hydroxyl groups excluding tert-OH is 1. The van der Waals surface area contributed by atoms with Crippen LogP contribution < -0.4 is 20.7 Å². The van der Waals surface area contributed by atoms with Crippen LogP contribution in [0.1, 0.15) is 54.0 Å². The average molecular weight is 569 g/mol. The summed E-state index contributed by atoms with van der Waals surface area (Å²) in [5, 5.41) is 32.0. The summed E-state index contributed by atoms with van der Waals surface area (Å²) in [6, 6.07) is 13.0. The van der Waals surface area contributed by atoms with E-state index < -0.39 is 12.0 Å². The van der Waals surface area contributed by atoms with Crippen LogP contribution in [0.2, 0.25) is 0 Å². The number of rotatable bonds is 10. The first-order valence-corrected chi connectivity index (χ1v) is 13.9. The third-order valence-electron chi connectivity index (χ3n) is 7.80. The third-order valence-corrected chi connectivity index (χ3v) is 7.80. The zero-order valence-corrected chi connectivity index (χ0v) is 23.3. The lowest BCUT2D eigenvalue weighted by molar-refractivity contribution is -0.117. The van der Waals surface area contributed by atoms with Crippen molar-refractivity contribution >= 4 is 29.0 Å². The predicted octanol–water partition coefficient (Wildman–Crippen LogP) is 3.88. The van der Waals surface area contributed by atoms with Crippen LogP contribution in [-0.2, 0) is 4.79 Å². The molecule has 216 valence electrons. The van der Waals surface area contributed by atoms with E-state index in [0.717, 1.165) is 36.8 Å². The van der Waals surface area contributed by atoms with E-state index in [1.54, 1.807) is 25.6 Å². The molecule has 0 spiro atoms. The van der Waals surface area contributed by atoms with Gasteiger partial charge in [0.15, 0.2) is 11.5 Å². The molecule has 0 saturated heterocycles. The molecule has 1 atom stereocenters. The summed E-state index contributed by atoms with van der Waals surface area (Å²) in [7, 11) is 3.09. The lowest BCUT2D eigenvalue weighted by Crippen LogP contribution is -2.31. The highest BCUT2D eigenvalue weighted by Gasteiger charge is 2.37. The normalized spacial score (nSPS) is 18.5. The summed E-state index contributed by atoms with van der Waals surface area (Å²) < 4.78 is 7.76. The van der Waals surface area contributed by atoms with Crippen molar-refractivity contribution in [2.75, 3.05) is 24.8 Å². The van der Waals surface area contributed by atoms with Gasteiger partial charge in [0.05, 0.1) is 42.5 Å². The number of aromatic nitrogens is 5. The van der Waals surface area contributed by atoms with Gasteiger partial charge in [-0.2, -0.15) is 5.10 Å². The van der Waals surface area contributed by atoms with Crippen LogP contribution in [0.15, 0.2) is 61.1 Å². The second-order valence-electron chi connectivity index (χ2n) is 10.6.